The van der Waals surface area contributed by atoms with Gasteiger partial charge < -0.3 is 10.6 Å². The number of carbonyl (C=O) groups excluding carboxylic acids is 1. The lowest BCUT2D eigenvalue weighted by Gasteiger charge is -2.33. The lowest BCUT2D eigenvalue weighted by molar-refractivity contribution is -0.118. The van der Waals surface area contributed by atoms with Gasteiger partial charge in [0.1, 0.15) is 0 Å². The van der Waals surface area contributed by atoms with E-state index in [1.165, 1.54) is 18.4 Å². The summed E-state index contributed by atoms with van der Waals surface area (Å²) in [5, 5.41) is 0.154. The van der Waals surface area contributed by atoms with Crippen molar-refractivity contribution in [1.82, 2.24) is 0 Å². The van der Waals surface area contributed by atoms with Crippen LogP contribution < -0.4 is 10.6 Å². The minimum Gasteiger partial charge on any atom is -0.399 e. The first-order valence-electron chi connectivity index (χ1n) is 7.07. The van der Waals surface area contributed by atoms with Crippen molar-refractivity contribution in [3.8, 4) is 0 Å². The van der Waals surface area contributed by atoms with E-state index in [1.54, 1.807) is 0 Å². The highest BCUT2D eigenvalue weighted by molar-refractivity contribution is 8.00. The summed E-state index contributed by atoms with van der Waals surface area (Å²) in [5.41, 5.74) is 8.93. The number of nitrogens with two attached hydrogens (primary N) is 1. The third-order valence-corrected chi connectivity index (χ3v) is 5.31. The highest BCUT2D eigenvalue weighted by Gasteiger charge is 2.30. The number of nitrogen functional groups attached to an aromatic ring is 1. The number of hydrogen-bond acceptors (Lipinski definition) is 3. The minimum absolute atomic E-state index is 0.154. The fourth-order valence-corrected chi connectivity index (χ4v) is 4.19. The second-order valence-corrected chi connectivity index (χ2v) is 6.65. The highest BCUT2D eigenvalue weighted by Crippen LogP contribution is 2.33. The molecule has 2 N–H and O–H groups in total. The molecule has 1 aromatic carbocycles. The van der Waals surface area contributed by atoms with Gasteiger partial charge in [0.15, 0.2) is 0 Å². The topological polar surface area (TPSA) is 46.3 Å². The molecule has 2 aliphatic rings. The van der Waals surface area contributed by atoms with Crippen LogP contribution in [0.2, 0.25) is 0 Å². The van der Waals surface area contributed by atoms with Gasteiger partial charge in [0.05, 0.1) is 5.25 Å². The quantitative estimate of drug-likeness (QED) is 0.802. The van der Waals surface area contributed by atoms with Gasteiger partial charge in [-0.2, -0.15) is 0 Å². The smallest absolute Gasteiger partial charge is 0.240 e. The Morgan fingerprint density at radius 2 is 2.21 bits per heavy atom. The molecular formula is C15H20N2OS. The van der Waals surface area contributed by atoms with Gasteiger partial charge in [-0.15, -0.1) is 11.8 Å². The molecular weight excluding hydrogens is 256 g/mol. The summed E-state index contributed by atoms with van der Waals surface area (Å²) in [7, 11) is 0. The van der Waals surface area contributed by atoms with E-state index < -0.39 is 0 Å². The number of anilines is 2. The van der Waals surface area contributed by atoms with Crippen LogP contribution in [0.1, 0.15) is 31.2 Å². The normalized spacial score (nSPS) is 22.9. The fraction of sp³-hybridized carbons (Fsp3) is 0.533. The summed E-state index contributed by atoms with van der Waals surface area (Å²) < 4.78 is 0. The summed E-state index contributed by atoms with van der Waals surface area (Å²) in [4.78, 5) is 14.7. The average Bonchev–Trinajstić information content (AvgIpc) is 2.47. The molecule has 2 heterocycles. The van der Waals surface area contributed by atoms with Crippen molar-refractivity contribution < 1.29 is 4.79 Å². The molecule has 3 nitrogen and oxygen atoms in total. The van der Waals surface area contributed by atoms with E-state index in [0.717, 1.165) is 42.9 Å². The summed E-state index contributed by atoms with van der Waals surface area (Å²) in [5.74, 6) is 1.41. The van der Waals surface area contributed by atoms with Crippen molar-refractivity contribution in [2.45, 2.75) is 37.4 Å². The van der Waals surface area contributed by atoms with Crippen molar-refractivity contribution >= 4 is 29.0 Å². The number of thioether (sulfide) groups is 1. The third kappa shape index (κ3) is 2.59. The molecule has 1 saturated heterocycles. The molecule has 0 spiro atoms. The number of hydrogen-bond donors (Lipinski definition) is 1. The van der Waals surface area contributed by atoms with Crippen molar-refractivity contribution in [2.75, 3.05) is 22.9 Å². The van der Waals surface area contributed by atoms with Gasteiger partial charge >= 0.3 is 0 Å². The fourth-order valence-electron chi connectivity index (χ4n) is 2.93. The molecule has 3 rings (SSSR count). The lowest BCUT2D eigenvalue weighted by Crippen LogP contribution is -2.41. The van der Waals surface area contributed by atoms with Crippen LogP contribution >= 0.6 is 11.8 Å². The zero-order valence-corrected chi connectivity index (χ0v) is 11.9. The third-order valence-electron chi connectivity index (χ3n) is 3.95. The van der Waals surface area contributed by atoms with Gasteiger partial charge in [-0.3, -0.25) is 4.79 Å². The number of nitrogens with zero attached hydrogens (tertiary/aromatic N) is 1. The summed E-state index contributed by atoms with van der Waals surface area (Å²) in [6.45, 7) is 0.840. The molecule has 4 heteroatoms. The SMILES string of the molecule is Nc1ccc2c(c1)N(C(=O)C1CCCCS1)CCC2. The number of amides is 1. The minimum atomic E-state index is 0.154. The largest absolute Gasteiger partial charge is 0.399 e. The van der Waals surface area contributed by atoms with E-state index in [1.807, 2.05) is 28.8 Å². The Morgan fingerprint density at radius 1 is 1.32 bits per heavy atom. The van der Waals surface area contributed by atoms with Gasteiger partial charge in [-0.05, 0) is 49.1 Å². The second kappa shape index (κ2) is 5.45. The first kappa shape index (κ1) is 12.9. The van der Waals surface area contributed by atoms with E-state index in [4.69, 9.17) is 5.73 Å². The summed E-state index contributed by atoms with van der Waals surface area (Å²) in [6.07, 6.45) is 5.56. The van der Waals surface area contributed by atoms with E-state index in [2.05, 4.69) is 6.07 Å². The molecule has 19 heavy (non-hydrogen) atoms. The molecule has 0 saturated carbocycles. The van der Waals surface area contributed by atoms with Crippen LogP contribution in [-0.4, -0.2) is 23.5 Å². The number of carbonyl (C=O) groups is 1. The average molecular weight is 276 g/mol. The van der Waals surface area contributed by atoms with Crippen molar-refractivity contribution in [3.05, 3.63) is 23.8 Å². The van der Waals surface area contributed by atoms with Crippen molar-refractivity contribution in [2.24, 2.45) is 0 Å². The van der Waals surface area contributed by atoms with Gasteiger partial charge in [-0.25, -0.2) is 0 Å². The molecule has 1 fully saturated rings. The number of rotatable bonds is 1. The van der Waals surface area contributed by atoms with Crippen LogP contribution in [-0.2, 0) is 11.2 Å². The van der Waals surface area contributed by atoms with Crippen LogP contribution in [0.15, 0.2) is 18.2 Å². The number of aryl methyl sites for hydroxylation is 1. The molecule has 1 amide bonds. The zero-order chi connectivity index (χ0) is 13.2. The first-order valence-corrected chi connectivity index (χ1v) is 8.12. The maximum atomic E-state index is 12.7. The molecule has 0 aromatic heterocycles. The Balaban J connectivity index is 1.86. The van der Waals surface area contributed by atoms with Crippen molar-refractivity contribution in [1.29, 1.82) is 0 Å². The molecule has 1 atom stereocenters. The molecule has 0 bridgehead atoms. The Morgan fingerprint density at radius 3 is 3.00 bits per heavy atom. The van der Waals surface area contributed by atoms with E-state index >= 15 is 0 Å². The maximum absolute atomic E-state index is 12.7. The Kier molecular flexibility index (Phi) is 3.69. The van der Waals surface area contributed by atoms with Crippen molar-refractivity contribution in [3.63, 3.8) is 0 Å². The van der Waals surface area contributed by atoms with E-state index in [0.29, 0.717) is 0 Å². The Labute approximate surface area is 118 Å². The van der Waals surface area contributed by atoms with Crippen LogP contribution in [0, 0.1) is 0 Å². The molecule has 1 aromatic rings. The predicted octanol–water partition coefficient (Wildman–Crippen LogP) is 2.83. The molecule has 102 valence electrons. The molecule has 0 aliphatic carbocycles. The van der Waals surface area contributed by atoms with Crippen LogP contribution in [0.4, 0.5) is 11.4 Å². The van der Waals surface area contributed by atoms with Crippen LogP contribution in [0.5, 0.6) is 0 Å². The summed E-state index contributed by atoms with van der Waals surface area (Å²) in [6, 6.07) is 5.96. The highest BCUT2D eigenvalue weighted by atomic mass is 32.2. The monoisotopic (exact) mass is 276 g/mol. The summed E-state index contributed by atoms with van der Waals surface area (Å²) >= 11 is 1.82. The first-order chi connectivity index (χ1) is 9.25. The molecule has 0 radical (unpaired) electrons. The number of benzene rings is 1. The second-order valence-electron chi connectivity index (χ2n) is 5.34. The van der Waals surface area contributed by atoms with Gasteiger partial charge in [0.2, 0.25) is 5.91 Å². The Bertz CT molecular complexity index is 483. The number of fused-ring (bicyclic) bond motifs is 1. The molecule has 1 unspecified atom stereocenters. The predicted molar refractivity (Wildman–Crippen MR) is 81.6 cm³/mol. The van der Waals surface area contributed by atoms with Gasteiger partial charge in [0.25, 0.3) is 0 Å². The lowest BCUT2D eigenvalue weighted by atomic mass is 10.0. The Hall–Kier alpha value is -1.16. The standard InChI is InChI=1S/C15H20N2OS/c16-12-7-6-11-4-3-8-17(13(11)10-12)15(18)14-5-1-2-9-19-14/h6-7,10,14H,1-5,8-9,16H2. The zero-order valence-electron chi connectivity index (χ0n) is 11.1. The van der Waals surface area contributed by atoms with Crippen LogP contribution in [0.3, 0.4) is 0 Å². The van der Waals surface area contributed by atoms with Gasteiger partial charge in [-0.1, -0.05) is 12.5 Å². The maximum Gasteiger partial charge on any atom is 0.240 e. The molecule has 2 aliphatic heterocycles. The van der Waals surface area contributed by atoms with E-state index in [9.17, 15) is 4.79 Å². The van der Waals surface area contributed by atoms with E-state index in [-0.39, 0.29) is 11.2 Å². The van der Waals surface area contributed by atoms with Crippen LogP contribution in [0.25, 0.3) is 0 Å². The van der Waals surface area contributed by atoms with Gasteiger partial charge in [0, 0.05) is 17.9 Å².